The van der Waals surface area contributed by atoms with Crippen LogP contribution in [-0.2, 0) is 11.3 Å². The van der Waals surface area contributed by atoms with Crippen LogP contribution in [0.4, 0.5) is 0 Å². The first kappa shape index (κ1) is 23.1. The Morgan fingerprint density at radius 1 is 1.03 bits per heavy atom. The molecule has 1 atom stereocenters. The average molecular weight is 463 g/mol. The standard InChI is InChI=1S/C27H30N2O3S/c1-32-23-15-8-10-20(18-23)19-29(27(31)24-16-9-17-33-24)25(21-11-4-2-5-12-21)26(30)28-22-13-6-3-7-14-22/h2,4-5,8-12,15-18,22,25H,3,6-7,13-14,19H2,1H3,(H,28,30). The van der Waals surface area contributed by atoms with Crippen molar-refractivity contribution in [1.82, 2.24) is 10.2 Å². The van der Waals surface area contributed by atoms with Crippen molar-refractivity contribution < 1.29 is 14.3 Å². The van der Waals surface area contributed by atoms with Gasteiger partial charge in [-0.05, 0) is 47.5 Å². The van der Waals surface area contributed by atoms with Gasteiger partial charge in [0.25, 0.3) is 5.91 Å². The summed E-state index contributed by atoms with van der Waals surface area (Å²) in [5.74, 6) is 0.445. The summed E-state index contributed by atoms with van der Waals surface area (Å²) >= 11 is 1.39. The fraction of sp³-hybridized carbons (Fsp3) is 0.333. The van der Waals surface area contributed by atoms with Gasteiger partial charge < -0.3 is 15.0 Å². The molecule has 3 aromatic rings. The van der Waals surface area contributed by atoms with Gasteiger partial charge in [-0.1, -0.05) is 67.8 Å². The van der Waals surface area contributed by atoms with Crippen LogP contribution in [0.3, 0.4) is 0 Å². The average Bonchev–Trinajstić information content (AvgIpc) is 3.40. The first-order valence-electron chi connectivity index (χ1n) is 11.5. The molecule has 4 rings (SSSR count). The lowest BCUT2D eigenvalue weighted by molar-refractivity contribution is -0.127. The number of carbonyl (C=O) groups excluding carboxylic acids is 2. The normalized spacial score (nSPS) is 14.9. The topological polar surface area (TPSA) is 58.6 Å². The third kappa shape index (κ3) is 5.82. The highest BCUT2D eigenvalue weighted by Crippen LogP contribution is 2.29. The summed E-state index contributed by atoms with van der Waals surface area (Å²) in [6.07, 6.45) is 5.45. The number of thiophene rings is 1. The van der Waals surface area contributed by atoms with Gasteiger partial charge in [-0.25, -0.2) is 0 Å². The van der Waals surface area contributed by atoms with E-state index in [2.05, 4.69) is 5.32 Å². The summed E-state index contributed by atoms with van der Waals surface area (Å²) < 4.78 is 5.38. The molecule has 1 saturated carbocycles. The Morgan fingerprint density at radius 2 is 1.82 bits per heavy atom. The molecule has 172 valence electrons. The molecule has 2 aromatic carbocycles. The molecule has 1 aliphatic carbocycles. The molecule has 5 nitrogen and oxygen atoms in total. The molecule has 1 unspecified atom stereocenters. The molecule has 1 fully saturated rings. The zero-order chi connectivity index (χ0) is 23.0. The maximum atomic E-state index is 13.7. The first-order valence-corrected chi connectivity index (χ1v) is 12.4. The molecular formula is C27H30N2O3S. The van der Waals surface area contributed by atoms with E-state index in [0.29, 0.717) is 11.4 Å². The maximum Gasteiger partial charge on any atom is 0.265 e. The summed E-state index contributed by atoms with van der Waals surface area (Å²) in [4.78, 5) is 29.7. The number of carbonyl (C=O) groups is 2. The second-order valence-electron chi connectivity index (χ2n) is 8.42. The SMILES string of the molecule is COc1cccc(CN(C(=O)c2cccs2)C(C(=O)NC2CCCCC2)c2ccccc2)c1. The maximum absolute atomic E-state index is 13.7. The lowest BCUT2D eigenvalue weighted by Gasteiger charge is -2.33. The predicted molar refractivity (Wildman–Crippen MR) is 131 cm³/mol. The van der Waals surface area contributed by atoms with Crippen LogP contribution in [0, 0.1) is 0 Å². The predicted octanol–water partition coefficient (Wildman–Crippen LogP) is 5.59. The second-order valence-corrected chi connectivity index (χ2v) is 9.37. The molecule has 0 bridgehead atoms. The van der Waals surface area contributed by atoms with Crippen LogP contribution in [0.1, 0.15) is 58.9 Å². The van der Waals surface area contributed by atoms with Crippen LogP contribution in [0.5, 0.6) is 5.75 Å². The Bertz CT molecular complexity index is 1050. The minimum Gasteiger partial charge on any atom is -0.497 e. The van der Waals surface area contributed by atoms with E-state index in [-0.39, 0.29) is 17.9 Å². The van der Waals surface area contributed by atoms with Crippen molar-refractivity contribution in [2.75, 3.05) is 7.11 Å². The molecule has 2 amide bonds. The summed E-state index contributed by atoms with van der Waals surface area (Å²) in [5, 5.41) is 5.14. The number of rotatable bonds is 8. The van der Waals surface area contributed by atoms with E-state index >= 15 is 0 Å². The van der Waals surface area contributed by atoms with Crippen molar-refractivity contribution in [3.63, 3.8) is 0 Å². The van der Waals surface area contributed by atoms with E-state index in [4.69, 9.17) is 4.74 Å². The summed E-state index contributed by atoms with van der Waals surface area (Å²) in [6.45, 7) is 0.297. The van der Waals surface area contributed by atoms with E-state index in [1.807, 2.05) is 72.1 Å². The van der Waals surface area contributed by atoms with E-state index in [1.54, 1.807) is 12.0 Å². The lowest BCUT2D eigenvalue weighted by atomic mass is 9.94. The van der Waals surface area contributed by atoms with Crippen LogP contribution in [0.25, 0.3) is 0 Å². The quantitative estimate of drug-likeness (QED) is 0.475. The van der Waals surface area contributed by atoms with E-state index < -0.39 is 6.04 Å². The summed E-state index contributed by atoms with van der Waals surface area (Å²) in [5.41, 5.74) is 1.71. The van der Waals surface area contributed by atoms with Gasteiger partial charge in [0.2, 0.25) is 5.91 Å². The molecule has 0 spiro atoms. The Kier molecular flexibility index (Phi) is 7.79. The van der Waals surface area contributed by atoms with Crippen molar-refractivity contribution >= 4 is 23.2 Å². The van der Waals surface area contributed by atoms with Gasteiger partial charge in [0, 0.05) is 12.6 Å². The van der Waals surface area contributed by atoms with Crippen molar-refractivity contribution in [3.05, 3.63) is 88.1 Å². The first-order chi connectivity index (χ1) is 16.2. The number of hydrogen-bond donors (Lipinski definition) is 1. The van der Waals surface area contributed by atoms with Gasteiger partial charge in [0.1, 0.15) is 11.8 Å². The highest BCUT2D eigenvalue weighted by molar-refractivity contribution is 7.12. The molecule has 33 heavy (non-hydrogen) atoms. The number of nitrogens with one attached hydrogen (secondary N) is 1. The Hall–Kier alpha value is -3.12. The minimum absolute atomic E-state index is 0.124. The Labute approximate surface area is 199 Å². The van der Waals surface area contributed by atoms with Crippen LogP contribution in [-0.4, -0.2) is 29.9 Å². The molecule has 0 radical (unpaired) electrons. The largest absolute Gasteiger partial charge is 0.497 e. The molecule has 0 saturated heterocycles. The monoisotopic (exact) mass is 462 g/mol. The van der Waals surface area contributed by atoms with Crippen LogP contribution in [0.2, 0.25) is 0 Å². The molecule has 1 aliphatic rings. The van der Waals surface area contributed by atoms with Gasteiger partial charge in [0.15, 0.2) is 0 Å². The van der Waals surface area contributed by atoms with Gasteiger partial charge in [0.05, 0.1) is 12.0 Å². The molecule has 1 N–H and O–H groups in total. The summed E-state index contributed by atoms with van der Waals surface area (Å²) in [7, 11) is 1.62. The zero-order valence-corrected chi connectivity index (χ0v) is 19.7. The van der Waals surface area contributed by atoms with Gasteiger partial charge in [-0.15, -0.1) is 11.3 Å². The van der Waals surface area contributed by atoms with Crippen molar-refractivity contribution in [2.24, 2.45) is 0 Å². The Balaban J connectivity index is 1.71. The molecule has 6 heteroatoms. The molecule has 1 aromatic heterocycles. The number of methoxy groups -OCH3 is 1. The van der Waals surface area contributed by atoms with Crippen molar-refractivity contribution in [3.8, 4) is 5.75 Å². The minimum atomic E-state index is -0.728. The van der Waals surface area contributed by atoms with E-state index in [9.17, 15) is 9.59 Å². The van der Waals surface area contributed by atoms with Crippen molar-refractivity contribution in [1.29, 1.82) is 0 Å². The number of ether oxygens (including phenoxy) is 1. The van der Waals surface area contributed by atoms with E-state index in [0.717, 1.165) is 42.6 Å². The molecule has 1 heterocycles. The van der Waals surface area contributed by atoms with E-state index in [1.165, 1.54) is 17.8 Å². The lowest BCUT2D eigenvalue weighted by Crippen LogP contribution is -2.46. The fourth-order valence-corrected chi connectivity index (χ4v) is 5.10. The zero-order valence-electron chi connectivity index (χ0n) is 18.9. The third-order valence-corrected chi connectivity index (χ3v) is 6.96. The highest BCUT2D eigenvalue weighted by atomic mass is 32.1. The van der Waals surface area contributed by atoms with Crippen LogP contribution < -0.4 is 10.1 Å². The second kappa shape index (κ2) is 11.1. The highest BCUT2D eigenvalue weighted by Gasteiger charge is 2.33. The molecule has 0 aliphatic heterocycles. The number of nitrogens with zero attached hydrogens (tertiary/aromatic N) is 1. The number of amides is 2. The van der Waals surface area contributed by atoms with Crippen LogP contribution in [0.15, 0.2) is 72.1 Å². The van der Waals surface area contributed by atoms with Gasteiger partial charge >= 0.3 is 0 Å². The smallest absolute Gasteiger partial charge is 0.265 e. The number of hydrogen-bond acceptors (Lipinski definition) is 4. The Morgan fingerprint density at radius 3 is 2.52 bits per heavy atom. The van der Waals surface area contributed by atoms with Gasteiger partial charge in [-0.2, -0.15) is 0 Å². The van der Waals surface area contributed by atoms with Gasteiger partial charge in [-0.3, -0.25) is 9.59 Å². The fourth-order valence-electron chi connectivity index (χ4n) is 4.42. The van der Waals surface area contributed by atoms with Crippen molar-refractivity contribution in [2.45, 2.75) is 50.7 Å². The molecular weight excluding hydrogens is 432 g/mol. The number of benzene rings is 2. The van der Waals surface area contributed by atoms with Crippen LogP contribution >= 0.6 is 11.3 Å². The summed E-state index contributed by atoms with van der Waals surface area (Å²) in [6, 6.07) is 20.3. The third-order valence-electron chi connectivity index (χ3n) is 6.11.